The number of phenolic OH excluding ortho intramolecular Hbond substituents is 1. The number of hydrogen-bond acceptors (Lipinski definition) is 5. The van der Waals surface area contributed by atoms with Crippen molar-refractivity contribution in [1.29, 1.82) is 0 Å². The van der Waals surface area contributed by atoms with E-state index in [4.69, 9.17) is 4.74 Å². The van der Waals surface area contributed by atoms with Crippen LogP contribution in [0.4, 0.5) is 0 Å². The van der Waals surface area contributed by atoms with Crippen molar-refractivity contribution in [2.75, 3.05) is 13.7 Å². The highest BCUT2D eigenvalue weighted by Crippen LogP contribution is 2.23. The van der Waals surface area contributed by atoms with Crippen molar-refractivity contribution in [1.82, 2.24) is 9.88 Å². The highest BCUT2D eigenvalue weighted by atomic mass is 32.1. The second kappa shape index (κ2) is 9.89. The number of hydrogen-bond donors (Lipinski definition) is 2. The van der Waals surface area contributed by atoms with E-state index in [0.717, 1.165) is 11.3 Å². The first kappa shape index (κ1) is 21.3. The second-order valence-corrected chi connectivity index (χ2v) is 7.42. The van der Waals surface area contributed by atoms with Gasteiger partial charge >= 0.3 is 0 Å². The number of rotatable bonds is 7. The zero-order valence-electron chi connectivity index (χ0n) is 16.8. The molecule has 0 fully saturated rings. The van der Waals surface area contributed by atoms with E-state index >= 15 is 0 Å². The molecule has 0 aliphatic rings. The molecule has 3 rings (SSSR count). The largest absolute Gasteiger partial charge is 0.508 e. The number of ether oxygens (including phenoxy) is 1. The van der Waals surface area contributed by atoms with Crippen LogP contribution in [-0.2, 0) is 11.3 Å². The lowest BCUT2D eigenvalue weighted by molar-refractivity contribution is -0.118. The summed E-state index contributed by atoms with van der Waals surface area (Å²) < 4.78 is 7.14. The fourth-order valence-corrected chi connectivity index (χ4v) is 3.84. The van der Waals surface area contributed by atoms with Gasteiger partial charge in [0, 0.05) is 31.0 Å². The van der Waals surface area contributed by atoms with E-state index in [1.165, 1.54) is 18.3 Å². The Hall–Kier alpha value is -3.39. The lowest BCUT2D eigenvalue weighted by atomic mass is 10.1. The van der Waals surface area contributed by atoms with Crippen molar-refractivity contribution >= 4 is 23.2 Å². The van der Waals surface area contributed by atoms with Crippen molar-refractivity contribution in [2.24, 2.45) is 4.99 Å². The molecule has 7 nitrogen and oxygen atoms in total. The molecular weight excluding hydrogens is 402 g/mol. The number of carbonyl (C=O) groups excluding carboxylic acids is 2. The van der Waals surface area contributed by atoms with Crippen molar-refractivity contribution in [3.05, 3.63) is 64.3 Å². The molecule has 156 valence electrons. The van der Waals surface area contributed by atoms with Gasteiger partial charge in [-0.1, -0.05) is 6.07 Å². The number of aromatic nitrogens is 1. The maximum absolute atomic E-state index is 12.7. The van der Waals surface area contributed by atoms with Gasteiger partial charge in [-0.25, -0.2) is 0 Å². The van der Waals surface area contributed by atoms with Gasteiger partial charge in [-0.15, -0.1) is 11.3 Å². The number of phenols is 1. The van der Waals surface area contributed by atoms with Gasteiger partial charge < -0.3 is 19.7 Å². The van der Waals surface area contributed by atoms with Crippen LogP contribution in [0.1, 0.15) is 23.7 Å². The number of nitrogens with one attached hydrogen (secondary N) is 1. The topological polar surface area (TPSA) is 92.9 Å². The fourth-order valence-electron chi connectivity index (χ4n) is 2.91. The van der Waals surface area contributed by atoms with Gasteiger partial charge in [-0.05, 0) is 54.4 Å². The lowest BCUT2D eigenvalue weighted by Crippen LogP contribution is -2.24. The van der Waals surface area contributed by atoms with Crippen LogP contribution >= 0.6 is 11.3 Å². The average Bonchev–Trinajstić information content (AvgIpc) is 3.14. The number of nitrogens with zero attached hydrogens (tertiary/aromatic N) is 2. The zero-order chi connectivity index (χ0) is 21.5. The summed E-state index contributed by atoms with van der Waals surface area (Å²) in [7, 11) is 1.55. The van der Waals surface area contributed by atoms with E-state index in [9.17, 15) is 14.7 Å². The molecule has 0 saturated heterocycles. The van der Waals surface area contributed by atoms with Crippen LogP contribution in [-0.4, -0.2) is 35.1 Å². The molecule has 30 heavy (non-hydrogen) atoms. The normalized spacial score (nSPS) is 11.3. The van der Waals surface area contributed by atoms with E-state index in [2.05, 4.69) is 10.3 Å². The van der Waals surface area contributed by atoms with Gasteiger partial charge in [-0.2, -0.15) is 4.99 Å². The highest BCUT2D eigenvalue weighted by molar-refractivity contribution is 7.07. The standard InChI is InChI=1S/C22H23N3O4S/c1-15(26)23-11-4-12-25-20(16-7-9-18(27)10-8-16)14-30-22(25)24-21(28)17-5-3-6-19(13-17)29-2/h3,5-10,13-14,27H,4,11-12H2,1-2H3,(H,23,26)/b24-22-. The predicted octanol–water partition coefficient (Wildman–Crippen LogP) is 3.20. The summed E-state index contributed by atoms with van der Waals surface area (Å²) in [4.78, 5) is 28.8. The molecule has 0 atom stereocenters. The van der Waals surface area contributed by atoms with E-state index < -0.39 is 0 Å². The van der Waals surface area contributed by atoms with Crippen LogP contribution in [0.3, 0.4) is 0 Å². The van der Waals surface area contributed by atoms with E-state index in [0.29, 0.717) is 35.6 Å². The van der Waals surface area contributed by atoms with Crippen LogP contribution in [0.2, 0.25) is 0 Å². The molecule has 1 aromatic heterocycles. The van der Waals surface area contributed by atoms with E-state index in [-0.39, 0.29) is 17.6 Å². The Kier molecular flexibility index (Phi) is 7.03. The summed E-state index contributed by atoms with van der Waals surface area (Å²) >= 11 is 1.37. The number of thiazole rings is 1. The Labute approximate surface area is 178 Å². The maximum Gasteiger partial charge on any atom is 0.279 e. The van der Waals surface area contributed by atoms with Crippen molar-refractivity contribution < 1.29 is 19.4 Å². The molecule has 0 unspecified atom stereocenters. The molecule has 0 bridgehead atoms. The van der Waals surface area contributed by atoms with Crippen molar-refractivity contribution in [3.8, 4) is 22.8 Å². The molecule has 0 aliphatic heterocycles. The zero-order valence-corrected chi connectivity index (χ0v) is 17.6. The third-order valence-electron chi connectivity index (χ3n) is 4.41. The van der Waals surface area contributed by atoms with Crippen LogP contribution in [0.25, 0.3) is 11.3 Å². The van der Waals surface area contributed by atoms with E-state index in [1.54, 1.807) is 43.5 Å². The molecule has 0 aliphatic carbocycles. The SMILES string of the molecule is COc1cccc(C(=O)/N=c2\scc(-c3ccc(O)cc3)n2CCCNC(C)=O)c1. The van der Waals surface area contributed by atoms with Crippen LogP contribution in [0, 0.1) is 0 Å². The van der Waals surface area contributed by atoms with Gasteiger partial charge in [0.05, 0.1) is 12.8 Å². The molecule has 8 heteroatoms. The minimum absolute atomic E-state index is 0.0813. The Balaban J connectivity index is 1.95. The number of carbonyl (C=O) groups is 2. The second-order valence-electron chi connectivity index (χ2n) is 6.59. The van der Waals surface area contributed by atoms with Crippen LogP contribution in [0.15, 0.2) is 58.9 Å². The molecule has 0 spiro atoms. The first-order valence-electron chi connectivity index (χ1n) is 9.43. The third-order valence-corrected chi connectivity index (χ3v) is 5.27. The Morgan fingerprint density at radius 1 is 1.20 bits per heavy atom. The van der Waals surface area contributed by atoms with Gasteiger partial charge in [0.25, 0.3) is 5.91 Å². The third kappa shape index (κ3) is 5.36. The maximum atomic E-state index is 12.7. The quantitative estimate of drug-likeness (QED) is 0.569. The van der Waals surface area contributed by atoms with Crippen LogP contribution in [0.5, 0.6) is 11.5 Å². The van der Waals surface area contributed by atoms with Gasteiger partial charge in [0.1, 0.15) is 11.5 Å². The van der Waals surface area contributed by atoms with Crippen molar-refractivity contribution in [2.45, 2.75) is 19.9 Å². The Bertz CT molecular complexity index is 1100. The summed E-state index contributed by atoms with van der Waals surface area (Å²) in [6.45, 7) is 2.58. The van der Waals surface area contributed by atoms with Gasteiger partial charge in [0.2, 0.25) is 5.91 Å². The average molecular weight is 426 g/mol. The monoisotopic (exact) mass is 425 g/mol. The first-order chi connectivity index (χ1) is 14.5. The number of methoxy groups -OCH3 is 1. The summed E-state index contributed by atoms with van der Waals surface area (Å²) in [5, 5.41) is 14.3. The molecule has 3 aromatic rings. The minimum atomic E-state index is -0.358. The molecule has 2 N–H and O–H groups in total. The highest BCUT2D eigenvalue weighted by Gasteiger charge is 2.11. The van der Waals surface area contributed by atoms with E-state index in [1.807, 2.05) is 22.1 Å². The van der Waals surface area contributed by atoms with Crippen LogP contribution < -0.4 is 14.9 Å². The number of amides is 2. The minimum Gasteiger partial charge on any atom is -0.508 e. The van der Waals surface area contributed by atoms with Gasteiger partial charge in [-0.3, -0.25) is 9.59 Å². The number of benzene rings is 2. The summed E-state index contributed by atoms with van der Waals surface area (Å²) in [5.41, 5.74) is 2.23. The van der Waals surface area contributed by atoms with Crippen molar-refractivity contribution in [3.63, 3.8) is 0 Å². The molecule has 0 radical (unpaired) electrons. The smallest absolute Gasteiger partial charge is 0.279 e. The fraction of sp³-hybridized carbons (Fsp3) is 0.227. The Morgan fingerprint density at radius 2 is 1.97 bits per heavy atom. The lowest BCUT2D eigenvalue weighted by Gasteiger charge is -2.10. The predicted molar refractivity (Wildman–Crippen MR) is 116 cm³/mol. The molecular formula is C22H23N3O4S. The first-order valence-corrected chi connectivity index (χ1v) is 10.3. The molecule has 2 amide bonds. The number of aromatic hydroxyl groups is 1. The summed E-state index contributed by atoms with van der Waals surface area (Å²) in [6.07, 6.45) is 0.682. The summed E-state index contributed by atoms with van der Waals surface area (Å²) in [5.74, 6) is 0.338. The molecule has 2 aromatic carbocycles. The summed E-state index contributed by atoms with van der Waals surface area (Å²) in [6, 6.07) is 13.7. The molecule has 1 heterocycles. The van der Waals surface area contributed by atoms with Gasteiger partial charge in [0.15, 0.2) is 4.80 Å². The Morgan fingerprint density at radius 3 is 2.67 bits per heavy atom. The molecule has 0 saturated carbocycles.